The molecule has 16 heavy (non-hydrogen) atoms. The Hall–Kier alpha value is -1.40. The van der Waals surface area contributed by atoms with E-state index in [2.05, 4.69) is 4.98 Å². The van der Waals surface area contributed by atoms with Gasteiger partial charge in [-0.05, 0) is 12.8 Å². The molecular formula is C10H15N3O3. The predicted molar refractivity (Wildman–Crippen MR) is 58.2 cm³/mol. The van der Waals surface area contributed by atoms with Gasteiger partial charge in [0.25, 0.3) is 5.56 Å². The summed E-state index contributed by atoms with van der Waals surface area (Å²) in [5, 5.41) is 0. The molecule has 0 aromatic carbocycles. The highest BCUT2D eigenvalue weighted by molar-refractivity contribution is 5.03. The van der Waals surface area contributed by atoms with Gasteiger partial charge in [-0.1, -0.05) is 0 Å². The minimum absolute atomic E-state index is 0.0641. The van der Waals surface area contributed by atoms with Crippen molar-refractivity contribution < 1.29 is 4.74 Å². The molecule has 1 fully saturated rings. The number of aromatic nitrogens is 2. The van der Waals surface area contributed by atoms with Crippen LogP contribution in [-0.2, 0) is 17.8 Å². The molecule has 0 saturated carbocycles. The predicted octanol–water partition coefficient (Wildman–Crippen LogP) is -0.826. The van der Waals surface area contributed by atoms with Gasteiger partial charge in [-0.2, -0.15) is 0 Å². The van der Waals surface area contributed by atoms with Gasteiger partial charge in [0.1, 0.15) is 0 Å². The average Bonchev–Trinajstić information content (AvgIpc) is 2.75. The second kappa shape index (κ2) is 4.63. The van der Waals surface area contributed by atoms with Crippen LogP contribution in [0.15, 0.2) is 15.8 Å². The SMILES string of the molecule is NCc1cn(CC2CCCO2)c(=O)[nH]c1=O. The van der Waals surface area contributed by atoms with Gasteiger partial charge in [0.05, 0.1) is 12.6 Å². The van der Waals surface area contributed by atoms with Crippen molar-refractivity contribution in [3.63, 3.8) is 0 Å². The standard InChI is InChI=1S/C10H15N3O3/c11-4-7-5-13(10(15)12-9(7)14)6-8-2-1-3-16-8/h5,8H,1-4,6,11H2,(H,12,14,15). The third kappa shape index (κ3) is 2.23. The van der Waals surface area contributed by atoms with Crippen LogP contribution in [0.25, 0.3) is 0 Å². The number of ether oxygens (including phenoxy) is 1. The molecule has 6 heteroatoms. The smallest absolute Gasteiger partial charge is 0.328 e. The quantitative estimate of drug-likeness (QED) is 0.702. The molecule has 1 atom stereocenters. The molecule has 0 spiro atoms. The van der Waals surface area contributed by atoms with Crippen molar-refractivity contribution in [3.05, 3.63) is 32.6 Å². The second-order valence-corrected chi connectivity index (χ2v) is 3.91. The monoisotopic (exact) mass is 225 g/mol. The number of nitrogens with one attached hydrogen (secondary N) is 1. The molecule has 6 nitrogen and oxygen atoms in total. The van der Waals surface area contributed by atoms with Gasteiger partial charge >= 0.3 is 5.69 Å². The van der Waals surface area contributed by atoms with Crippen molar-refractivity contribution >= 4 is 0 Å². The Morgan fingerprint density at radius 3 is 3.00 bits per heavy atom. The van der Waals surface area contributed by atoms with E-state index in [9.17, 15) is 9.59 Å². The largest absolute Gasteiger partial charge is 0.376 e. The van der Waals surface area contributed by atoms with E-state index >= 15 is 0 Å². The first kappa shape index (κ1) is 11.1. The van der Waals surface area contributed by atoms with E-state index in [4.69, 9.17) is 10.5 Å². The zero-order valence-corrected chi connectivity index (χ0v) is 8.94. The van der Waals surface area contributed by atoms with Crippen LogP contribution in [0.2, 0.25) is 0 Å². The highest BCUT2D eigenvalue weighted by Crippen LogP contribution is 2.12. The van der Waals surface area contributed by atoms with Crippen molar-refractivity contribution in [1.29, 1.82) is 0 Å². The number of hydrogen-bond donors (Lipinski definition) is 2. The normalized spacial score (nSPS) is 20.2. The third-order valence-electron chi connectivity index (χ3n) is 2.73. The summed E-state index contributed by atoms with van der Waals surface area (Å²) in [7, 11) is 0. The molecule has 3 N–H and O–H groups in total. The Morgan fingerprint density at radius 2 is 2.38 bits per heavy atom. The summed E-state index contributed by atoms with van der Waals surface area (Å²) in [5.41, 5.74) is 5.01. The highest BCUT2D eigenvalue weighted by Gasteiger charge is 2.16. The topological polar surface area (TPSA) is 90.1 Å². The van der Waals surface area contributed by atoms with Crippen molar-refractivity contribution in [2.45, 2.75) is 32.0 Å². The molecule has 1 aliphatic rings. The fourth-order valence-corrected chi connectivity index (χ4v) is 1.84. The van der Waals surface area contributed by atoms with E-state index in [0.29, 0.717) is 12.1 Å². The van der Waals surface area contributed by atoms with Crippen LogP contribution >= 0.6 is 0 Å². The average molecular weight is 225 g/mol. The van der Waals surface area contributed by atoms with Gasteiger partial charge in [-0.15, -0.1) is 0 Å². The zero-order valence-electron chi connectivity index (χ0n) is 8.94. The van der Waals surface area contributed by atoms with Crippen molar-refractivity contribution in [2.75, 3.05) is 6.61 Å². The van der Waals surface area contributed by atoms with Crippen LogP contribution in [0.5, 0.6) is 0 Å². The minimum atomic E-state index is -0.406. The lowest BCUT2D eigenvalue weighted by atomic mass is 10.2. The van der Waals surface area contributed by atoms with E-state index in [-0.39, 0.29) is 12.6 Å². The van der Waals surface area contributed by atoms with Crippen LogP contribution in [-0.4, -0.2) is 22.3 Å². The maximum Gasteiger partial charge on any atom is 0.328 e. The number of rotatable bonds is 3. The summed E-state index contributed by atoms with van der Waals surface area (Å²) in [4.78, 5) is 25.0. The molecule has 1 saturated heterocycles. The lowest BCUT2D eigenvalue weighted by Gasteiger charge is -2.11. The molecule has 2 rings (SSSR count). The van der Waals surface area contributed by atoms with Gasteiger partial charge in [0, 0.05) is 24.9 Å². The molecule has 88 valence electrons. The van der Waals surface area contributed by atoms with Crippen LogP contribution in [0.3, 0.4) is 0 Å². The van der Waals surface area contributed by atoms with Gasteiger partial charge in [-0.25, -0.2) is 4.79 Å². The Balaban J connectivity index is 2.25. The van der Waals surface area contributed by atoms with E-state index in [1.54, 1.807) is 0 Å². The molecule has 1 aliphatic heterocycles. The number of nitrogens with zero attached hydrogens (tertiary/aromatic N) is 1. The molecule has 1 aromatic heterocycles. The van der Waals surface area contributed by atoms with Crippen LogP contribution in [0.4, 0.5) is 0 Å². The summed E-state index contributed by atoms with van der Waals surface area (Å²) in [5.74, 6) is 0. The summed E-state index contributed by atoms with van der Waals surface area (Å²) in [6, 6.07) is 0. The first-order chi connectivity index (χ1) is 7.70. The lowest BCUT2D eigenvalue weighted by Crippen LogP contribution is -2.35. The fourth-order valence-electron chi connectivity index (χ4n) is 1.84. The Kier molecular flexibility index (Phi) is 3.21. The summed E-state index contributed by atoms with van der Waals surface area (Å²) >= 11 is 0. The highest BCUT2D eigenvalue weighted by atomic mass is 16.5. The molecule has 0 radical (unpaired) electrons. The fraction of sp³-hybridized carbons (Fsp3) is 0.600. The number of hydrogen-bond acceptors (Lipinski definition) is 4. The summed E-state index contributed by atoms with van der Waals surface area (Å²) < 4.78 is 6.89. The first-order valence-electron chi connectivity index (χ1n) is 5.35. The van der Waals surface area contributed by atoms with Gasteiger partial charge < -0.3 is 10.5 Å². The lowest BCUT2D eigenvalue weighted by molar-refractivity contribution is 0.0957. The van der Waals surface area contributed by atoms with Crippen LogP contribution < -0.4 is 17.0 Å². The van der Waals surface area contributed by atoms with E-state index in [1.165, 1.54) is 10.8 Å². The zero-order chi connectivity index (χ0) is 11.5. The molecule has 0 amide bonds. The van der Waals surface area contributed by atoms with Gasteiger partial charge in [0.2, 0.25) is 0 Å². The maximum atomic E-state index is 11.5. The summed E-state index contributed by atoms with van der Waals surface area (Å²) in [6.07, 6.45) is 3.55. The number of H-pyrrole nitrogens is 1. The Labute approximate surface area is 92.0 Å². The number of nitrogens with two attached hydrogens (primary N) is 1. The third-order valence-corrected chi connectivity index (χ3v) is 2.73. The van der Waals surface area contributed by atoms with E-state index < -0.39 is 11.2 Å². The summed E-state index contributed by atoms with van der Waals surface area (Å²) in [6.45, 7) is 1.34. The Morgan fingerprint density at radius 1 is 1.56 bits per heavy atom. The molecule has 2 heterocycles. The van der Waals surface area contributed by atoms with Gasteiger partial charge in [0.15, 0.2) is 0 Å². The Bertz CT molecular complexity index is 471. The molecule has 0 aliphatic carbocycles. The first-order valence-corrected chi connectivity index (χ1v) is 5.35. The minimum Gasteiger partial charge on any atom is -0.376 e. The molecule has 1 aromatic rings. The van der Waals surface area contributed by atoms with Crippen molar-refractivity contribution in [3.8, 4) is 0 Å². The molecule has 0 bridgehead atoms. The van der Waals surface area contributed by atoms with E-state index in [0.717, 1.165) is 19.4 Å². The second-order valence-electron chi connectivity index (χ2n) is 3.91. The maximum absolute atomic E-state index is 11.5. The van der Waals surface area contributed by atoms with Crippen molar-refractivity contribution in [2.24, 2.45) is 5.73 Å². The van der Waals surface area contributed by atoms with Crippen LogP contribution in [0, 0.1) is 0 Å². The van der Waals surface area contributed by atoms with Crippen LogP contribution in [0.1, 0.15) is 18.4 Å². The van der Waals surface area contributed by atoms with Crippen molar-refractivity contribution in [1.82, 2.24) is 9.55 Å². The van der Waals surface area contributed by atoms with Gasteiger partial charge in [-0.3, -0.25) is 14.3 Å². The van der Waals surface area contributed by atoms with E-state index in [1.807, 2.05) is 0 Å². The molecule has 1 unspecified atom stereocenters. The number of aromatic amines is 1. The molecular weight excluding hydrogens is 210 g/mol.